The Hall–Kier alpha value is -0.480. The van der Waals surface area contributed by atoms with Crippen molar-refractivity contribution in [2.45, 2.75) is 0 Å². The van der Waals surface area contributed by atoms with Crippen molar-refractivity contribution in [3.63, 3.8) is 0 Å². The van der Waals surface area contributed by atoms with Gasteiger partial charge in [0, 0.05) is 0 Å². The van der Waals surface area contributed by atoms with Gasteiger partial charge in [0.1, 0.15) is 0 Å². The molecule has 9 nitrogen and oxygen atoms in total. The van der Waals surface area contributed by atoms with E-state index in [0.29, 0.717) is 0 Å². The predicted molar refractivity (Wildman–Crippen MR) is 50.2 cm³/mol. The van der Waals surface area contributed by atoms with Crippen molar-refractivity contribution in [2.24, 2.45) is 0 Å². The van der Waals surface area contributed by atoms with Crippen molar-refractivity contribution in [2.75, 3.05) is 20.0 Å². The van der Waals surface area contributed by atoms with Crippen LogP contribution in [0.15, 0.2) is 0 Å². The Kier molecular flexibility index (Phi) is 3.95. The highest BCUT2D eigenvalue weighted by Crippen LogP contribution is 2.19. The fourth-order valence-corrected chi connectivity index (χ4v) is 2.96. The third kappa shape index (κ3) is 3.75. The maximum atomic E-state index is 12.6. The van der Waals surface area contributed by atoms with Crippen LogP contribution < -0.4 is 0 Å². The summed E-state index contributed by atoms with van der Waals surface area (Å²) in [7, 11) is -16.6. The van der Waals surface area contributed by atoms with Crippen LogP contribution in [0.2, 0.25) is 0 Å². The summed E-state index contributed by atoms with van der Waals surface area (Å²) in [6, 6.07) is 0. The molecule has 0 aromatic heterocycles. The highest BCUT2D eigenvalue weighted by Gasteiger charge is 2.41. The van der Waals surface area contributed by atoms with E-state index in [9.17, 15) is 36.9 Å². The van der Waals surface area contributed by atoms with Crippen molar-refractivity contribution in [3.8, 4) is 0 Å². The molecule has 0 atom stereocenters. The molecule has 15 heteroatoms. The van der Waals surface area contributed by atoms with Crippen molar-refractivity contribution >= 4 is 31.2 Å². The van der Waals surface area contributed by atoms with Crippen LogP contribution >= 0.6 is 0 Å². The number of hydrogen-bond acceptors (Lipinski definition) is 6. The molecule has 18 heavy (non-hydrogen) atoms. The molecule has 0 aromatic rings. The van der Waals surface area contributed by atoms with Gasteiger partial charge in [-0.25, -0.2) is 0 Å². The summed E-state index contributed by atoms with van der Waals surface area (Å²) in [5, 5.41) is 0. The lowest BCUT2D eigenvalue weighted by molar-refractivity contribution is 0.115. The van der Waals surface area contributed by atoms with Gasteiger partial charge in [0.25, 0.3) is 0 Å². The summed E-state index contributed by atoms with van der Waals surface area (Å²) in [6.45, 7) is -3.91. The Morgan fingerprint density at radius 1 is 0.556 bits per heavy atom. The fourth-order valence-electron chi connectivity index (χ4n) is 1.08. The van der Waals surface area contributed by atoms with Crippen LogP contribution in [0.25, 0.3) is 0 Å². The van der Waals surface area contributed by atoms with Gasteiger partial charge in [0.2, 0.25) is 0 Å². The molecular weight excluding hydrogens is 327 g/mol. The minimum absolute atomic E-state index is 0.370. The zero-order valence-corrected chi connectivity index (χ0v) is 10.7. The van der Waals surface area contributed by atoms with Crippen molar-refractivity contribution in [1.29, 1.82) is 0 Å². The van der Waals surface area contributed by atoms with E-state index in [1.165, 1.54) is 0 Å². The van der Waals surface area contributed by atoms with Gasteiger partial charge in [-0.2, -0.15) is 25.3 Å². The van der Waals surface area contributed by atoms with Crippen LogP contribution in [0.3, 0.4) is 0 Å². The number of rotatable bonds is 3. The number of nitrogens with zero attached hydrogens (tertiary/aromatic N) is 3. The third-order valence-corrected chi connectivity index (χ3v) is 4.41. The molecule has 0 radical (unpaired) electrons. The van der Waals surface area contributed by atoms with Crippen LogP contribution in [0.1, 0.15) is 0 Å². The van der Waals surface area contributed by atoms with E-state index in [-0.39, 0.29) is 12.9 Å². The topological polar surface area (TPSA) is 112 Å². The minimum Gasteiger partial charge on any atom is -0.177 e. The van der Waals surface area contributed by atoms with E-state index in [1.807, 2.05) is 0 Å². The summed E-state index contributed by atoms with van der Waals surface area (Å²) >= 11 is 0. The maximum absolute atomic E-state index is 12.6. The Morgan fingerprint density at radius 2 is 0.722 bits per heavy atom. The molecule has 0 spiro atoms. The lowest BCUT2D eigenvalue weighted by Gasteiger charge is -2.34. The highest BCUT2D eigenvalue weighted by atomic mass is 32.3. The van der Waals surface area contributed by atoms with E-state index in [0.717, 1.165) is 0 Å². The highest BCUT2D eigenvalue weighted by molar-refractivity contribution is 7.85. The van der Waals surface area contributed by atoms with Crippen LogP contribution in [-0.2, 0) is 31.2 Å². The minimum atomic E-state index is -5.52. The summed E-state index contributed by atoms with van der Waals surface area (Å²) in [5.74, 6) is 0. The second-order valence-corrected chi connectivity index (χ2v) is 7.13. The first-order chi connectivity index (χ1) is 7.82. The molecule has 108 valence electrons. The fraction of sp³-hybridized carbons (Fsp3) is 1.00. The van der Waals surface area contributed by atoms with E-state index in [4.69, 9.17) is 0 Å². The molecule has 0 aromatic carbocycles. The Morgan fingerprint density at radius 3 is 0.833 bits per heavy atom. The van der Waals surface area contributed by atoms with Crippen LogP contribution in [-0.4, -0.2) is 58.2 Å². The van der Waals surface area contributed by atoms with Gasteiger partial charge >= 0.3 is 31.2 Å². The van der Waals surface area contributed by atoms with Crippen LogP contribution in [0.5, 0.6) is 0 Å². The second-order valence-electron chi connectivity index (χ2n) is 3.11. The van der Waals surface area contributed by atoms with E-state index in [1.54, 1.807) is 0 Å². The predicted octanol–water partition coefficient (Wildman–Crippen LogP) is -1.58. The van der Waals surface area contributed by atoms with Gasteiger partial charge in [-0.3, -0.25) is 0 Å². The Labute approximate surface area is 101 Å². The average molecular weight is 333 g/mol. The monoisotopic (exact) mass is 333 g/mol. The lowest BCUT2D eigenvalue weighted by Crippen LogP contribution is -2.57. The molecule has 0 aliphatic carbocycles. The molecule has 1 saturated heterocycles. The lowest BCUT2D eigenvalue weighted by atomic mass is 10.8. The number of halogens is 3. The first-order valence-electron chi connectivity index (χ1n) is 3.91. The van der Waals surface area contributed by atoms with Crippen molar-refractivity contribution in [1.82, 2.24) is 12.9 Å². The second kappa shape index (κ2) is 4.57. The summed E-state index contributed by atoms with van der Waals surface area (Å²) in [6.07, 6.45) is 0. The third-order valence-electron chi connectivity index (χ3n) is 1.87. The largest absolute Gasteiger partial charge is 0.377 e. The molecule has 0 unspecified atom stereocenters. The normalized spacial score (nSPS) is 22.2. The Balaban J connectivity index is 3.16. The Bertz CT molecular complexity index is 531. The molecule has 1 heterocycles. The smallest absolute Gasteiger partial charge is 0.177 e. The zero-order valence-electron chi connectivity index (χ0n) is 8.27. The van der Waals surface area contributed by atoms with E-state index < -0.39 is 51.2 Å². The SMILES string of the molecule is O=S(=O)(F)N1CN(S(=O)(=O)F)CN(S(=O)(=O)F)C1. The van der Waals surface area contributed by atoms with Gasteiger partial charge in [-0.05, 0) is 0 Å². The molecule has 1 aliphatic rings. The first-order valence-corrected chi connectivity index (χ1v) is 7.93. The number of hydrogen-bond donors (Lipinski definition) is 0. The standard InChI is InChI=1S/C3H6F3N3O6S3/c4-16(10,11)7-1-8(17(5,12)13)3-9(2-7)18(6,14)15/h1-3H2. The summed E-state index contributed by atoms with van der Waals surface area (Å²) in [4.78, 5) is 0. The first kappa shape index (κ1) is 15.6. The quantitative estimate of drug-likeness (QED) is 0.576. The molecule has 1 rings (SSSR count). The summed E-state index contributed by atoms with van der Waals surface area (Å²) < 4.78 is 99.7. The average Bonchev–Trinajstić information content (AvgIpc) is 2.13. The van der Waals surface area contributed by atoms with Gasteiger partial charge in [0.15, 0.2) is 0 Å². The molecule has 0 amide bonds. The van der Waals surface area contributed by atoms with E-state index >= 15 is 0 Å². The molecule has 1 fully saturated rings. The van der Waals surface area contributed by atoms with Crippen LogP contribution in [0, 0.1) is 0 Å². The van der Waals surface area contributed by atoms with Gasteiger partial charge in [0.05, 0.1) is 20.0 Å². The van der Waals surface area contributed by atoms with Crippen molar-refractivity contribution in [3.05, 3.63) is 0 Å². The van der Waals surface area contributed by atoms with Crippen molar-refractivity contribution < 1.29 is 36.9 Å². The van der Waals surface area contributed by atoms with Gasteiger partial charge in [-0.1, -0.05) is 11.7 Å². The molecule has 0 saturated carbocycles. The molecule has 0 bridgehead atoms. The summed E-state index contributed by atoms with van der Waals surface area (Å²) in [5.41, 5.74) is 0. The van der Waals surface area contributed by atoms with E-state index in [2.05, 4.69) is 0 Å². The molecular formula is C3H6F3N3O6S3. The molecule has 1 aliphatic heterocycles. The van der Waals surface area contributed by atoms with Crippen LogP contribution in [0.4, 0.5) is 11.7 Å². The maximum Gasteiger partial charge on any atom is 0.377 e. The molecule has 0 N–H and O–H groups in total. The van der Waals surface area contributed by atoms with Gasteiger partial charge in [-0.15, -0.1) is 12.9 Å². The van der Waals surface area contributed by atoms with Gasteiger partial charge < -0.3 is 0 Å². The zero-order chi connectivity index (χ0) is 14.4.